The number of methoxy groups -OCH3 is 1. The number of aromatic amines is 1. The molecule has 4 aromatic rings. The third-order valence-electron chi connectivity index (χ3n) is 3.84. The molecule has 25 heavy (non-hydrogen) atoms. The molecular weight excluding hydrogens is 344 g/mol. The molecule has 0 unspecified atom stereocenters. The Hall–Kier alpha value is -3.06. The summed E-state index contributed by atoms with van der Waals surface area (Å²) in [6, 6.07) is 8.46. The van der Waals surface area contributed by atoms with Gasteiger partial charge < -0.3 is 9.26 Å². The van der Waals surface area contributed by atoms with Crippen LogP contribution in [0.2, 0.25) is 5.02 Å². The van der Waals surface area contributed by atoms with Gasteiger partial charge in [-0.15, -0.1) is 0 Å². The van der Waals surface area contributed by atoms with E-state index in [9.17, 15) is 4.79 Å². The number of H-pyrrole nitrogens is 1. The zero-order valence-electron chi connectivity index (χ0n) is 13.4. The van der Waals surface area contributed by atoms with Crippen LogP contribution in [0.5, 0.6) is 5.75 Å². The molecule has 0 spiro atoms. The minimum Gasteiger partial charge on any atom is -0.495 e. The second-order valence-corrected chi connectivity index (χ2v) is 5.91. The Morgan fingerprint density at radius 3 is 2.84 bits per heavy atom. The fourth-order valence-corrected chi connectivity index (χ4v) is 2.81. The molecule has 0 saturated heterocycles. The number of fused-ring (bicyclic) bond motifs is 1. The Balaban J connectivity index is 1.93. The second-order valence-electron chi connectivity index (χ2n) is 5.51. The van der Waals surface area contributed by atoms with Crippen LogP contribution >= 0.6 is 11.6 Å². The van der Waals surface area contributed by atoms with Crippen molar-refractivity contribution in [1.29, 1.82) is 0 Å². The number of aromatic nitrogens is 4. The average molecular weight is 357 g/mol. The number of benzene rings is 1. The molecule has 0 amide bonds. The Labute approximate surface area is 146 Å². The molecule has 7 nitrogen and oxygen atoms in total. The van der Waals surface area contributed by atoms with E-state index >= 15 is 0 Å². The third kappa shape index (κ3) is 2.58. The molecular formula is C17H13ClN4O3. The van der Waals surface area contributed by atoms with Gasteiger partial charge in [0.2, 0.25) is 0 Å². The molecule has 0 fully saturated rings. The van der Waals surface area contributed by atoms with E-state index in [2.05, 4.69) is 15.2 Å². The number of hydrogen-bond acceptors (Lipinski definition) is 5. The van der Waals surface area contributed by atoms with Crippen LogP contribution in [0.15, 0.2) is 45.8 Å². The van der Waals surface area contributed by atoms with Gasteiger partial charge in [-0.1, -0.05) is 22.8 Å². The standard InChI is InChI=1S/C17H13ClN4O3/c1-9-5-14(25-21-9)11-8-19-22-16(23)7-13(20-17(11)22)10-3-4-12(18)15(6-10)24-2/h3-8,19H,1-2H3. The molecule has 0 aliphatic rings. The number of nitrogens with zero attached hydrogens (tertiary/aromatic N) is 3. The van der Waals surface area contributed by atoms with E-state index in [-0.39, 0.29) is 5.56 Å². The minimum absolute atomic E-state index is 0.239. The first-order chi connectivity index (χ1) is 12.1. The maximum Gasteiger partial charge on any atom is 0.273 e. The number of ether oxygens (including phenoxy) is 1. The highest BCUT2D eigenvalue weighted by Crippen LogP contribution is 2.30. The van der Waals surface area contributed by atoms with Crippen molar-refractivity contribution in [2.75, 3.05) is 7.11 Å². The molecule has 0 bridgehead atoms. The number of halogens is 1. The zero-order chi connectivity index (χ0) is 17.6. The highest BCUT2D eigenvalue weighted by Gasteiger charge is 2.15. The van der Waals surface area contributed by atoms with E-state index < -0.39 is 0 Å². The van der Waals surface area contributed by atoms with Crippen molar-refractivity contribution < 1.29 is 9.26 Å². The molecule has 0 atom stereocenters. The van der Waals surface area contributed by atoms with E-state index in [4.69, 9.17) is 20.9 Å². The molecule has 3 aromatic heterocycles. The molecule has 0 aliphatic carbocycles. The minimum atomic E-state index is -0.239. The maximum atomic E-state index is 12.4. The number of nitrogens with one attached hydrogen (secondary N) is 1. The summed E-state index contributed by atoms with van der Waals surface area (Å²) in [5.41, 5.74) is 2.85. The topological polar surface area (TPSA) is 85.4 Å². The summed E-state index contributed by atoms with van der Waals surface area (Å²) in [6.07, 6.45) is 1.66. The van der Waals surface area contributed by atoms with Crippen molar-refractivity contribution >= 4 is 17.2 Å². The molecule has 3 heterocycles. The van der Waals surface area contributed by atoms with Gasteiger partial charge in [0.1, 0.15) is 5.75 Å². The summed E-state index contributed by atoms with van der Waals surface area (Å²) in [5, 5.41) is 7.25. The normalized spacial score (nSPS) is 11.2. The summed E-state index contributed by atoms with van der Waals surface area (Å²) < 4.78 is 11.9. The number of aryl methyl sites for hydroxylation is 1. The second kappa shape index (κ2) is 5.78. The Bertz CT molecular complexity index is 1140. The van der Waals surface area contributed by atoms with Gasteiger partial charge in [-0.3, -0.25) is 9.89 Å². The van der Waals surface area contributed by atoms with Crippen LogP contribution in [-0.2, 0) is 0 Å². The van der Waals surface area contributed by atoms with E-state index in [1.165, 1.54) is 17.7 Å². The molecule has 0 radical (unpaired) electrons. The van der Waals surface area contributed by atoms with Gasteiger partial charge in [0.05, 0.1) is 29.1 Å². The van der Waals surface area contributed by atoms with Crippen LogP contribution in [0.3, 0.4) is 0 Å². The fourth-order valence-electron chi connectivity index (χ4n) is 2.62. The molecule has 4 rings (SSSR count). The molecule has 1 aromatic carbocycles. The summed E-state index contributed by atoms with van der Waals surface area (Å²) >= 11 is 6.06. The van der Waals surface area contributed by atoms with Gasteiger partial charge in [-0.05, 0) is 19.1 Å². The summed E-state index contributed by atoms with van der Waals surface area (Å²) in [4.78, 5) is 17.0. The van der Waals surface area contributed by atoms with Crippen LogP contribution in [-0.4, -0.2) is 26.9 Å². The molecule has 1 N–H and O–H groups in total. The lowest BCUT2D eigenvalue weighted by Crippen LogP contribution is -2.14. The largest absolute Gasteiger partial charge is 0.495 e. The predicted molar refractivity (Wildman–Crippen MR) is 93.0 cm³/mol. The van der Waals surface area contributed by atoms with Crippen molar-refractivity contribution in [2.45, 2.75) is 6.92 Å². The van der Waals surface area contributed by atoms with Gasteiger partial charge in [-0.2, -0.15) is 0 Å². The van der Waals surface area contributed by atoms with Crippen LogP contribution in [0.25, 0.3) is 28.2 Å². The van der Waals surface area contributed by atoms with Crippen LogP contribution in [0, 0.1) is 6.92 Å². The van der Waals surface area contributed by atoms with Gasteiger partial charge in [0.15, 0.2) is 11.4 Å². The molecule has 8 heteroatoms. The number of hydrogen-bond donors (Lipinski definition) is 1. The van der Waals surface area contributed by atoms with Crippen molar-refractivity contribution in [3.05, 3.63) is 57.6 Å². The average Bonchev–Trinajstić information content (AvgIpc) is 3.21. The predicted octanol–water partition coefficient (Wildman–Crippen LogP) is 3.32. The van der Waals surface area contributed by atoms with Gasteiger partial charge in [-0.25, -0.2) is 9.50 Å². The Morgan fingerprint density at radius 2 is 2.12 bits per heavy atom. The first kappa shape index (κ1) is 15.5. The summed E-state index contributed by atoms with van der Waals surface area (Å²) in [7, 11) is 1.53. The highest BCUT2D eigenvalue weighted by molar-refractivity contribution is 6.32. The molecule has 126 valence electrons. The SMILES string of the molecule is COc1cc(-c2cc(=O)n3[nH]cc(-c4cc(C)no4)c3n2)ccc1Cl. The van der Waals surface area contributed by atoms with Crippen LogP contribution in [0.1, 0.15) is 5.69 Å². The van der Waals surface area contributed by atoms with Gasteiger partial charge >= 0.3 is 0 Å². The number of rotatable bonds is 3. The lowest BCUT2D eigenvalue weighted by atomic mass is 10.1. The molecule has 0 aliphatic heterocycles. The fraction of sp³-hybridized carbons (Fsp3) is 0.118. The maximum absolute atomic E-state index is 12.4. The van der Waals surface area contributed by atoms with Gasteiger partial charge in [0.25, 0.3) is 5.56 Å². The first-order valence-electron chi connectivity index (χ1n) is 7.45. The first-order valence-corrected chi connectivity index (χ1v) is 7.83. The lowest BCUT2D eigenvalue weighted by molar-refractivity contribution is 0.415. The summed E-state index contributed by atoms with van der Waals surface area (Å²) in [5.74, 6) is 1.05. The quantitative estimate of drug-likeness (QED) is 0.608. The summed E-state index contributed by atoms with van der Waals surface area (Å²) in [6.45, 7) is 1.83. The third-order valence-corrected chi connectivity index (χ3v) is 4.15. The highest BCUT2D eigenvalue weighted by atomic mass is 35.5. The smallest absolute Gasteiger partial charge is 0.273 e. The molecule has 0 saturated carbocycles. The van der Waals surface area contributed by atoms with E-state index in [0.717, 1.165) is 11.3 Å². The van der Waals surface area contributed by atoms with E-state index in [0.29, 0.717) is 33.4 Å². The lowest BCUT2D eigenvalue weighted by Gasteiger charge is -2.06. The van der Waals surface area contributed by atoms with Crippen molar-refractivity contribution in [3.63, 3.8) is 0 Å². The van der Waals surface area contributed by atoms with Crippen molar-refractivity contribution in [2.24, 2.45) is 0 Å². The Kier molecular flexibility index (Phi) is 3.58. The van der Waals surface area contributed by atoms with Crippen molar-refractivity contribution in [1.82, 2.24) is 19.8 Å². The monoisotopic (exact) mass is 356 g/mol. The van der Waals surface area contributed by atoms with Crippen molar-refractivity contribution in [3.8, 4) is 28.3 Å². The van der Waals surface area contributed by atoms with E-state index in [1.807, 2.05) is 6.92 Å². The Morgan fingerprint density at radius 1 is 1.28 bits per heavy atom. The van der Waals surface area contributed by atoms with E-state index in [1.54, 1.807) is 30.5 Å². The van der Waals surface area contributed by atoms with Gasteiger partial charge in [0, 0.05) is 23.9 Å². The van der Waals surface area contributed by atoms with Crippen LogP contribution in [0.4, 0.5) is 0 Å². The zero-order valence-corrected chi connectivity index (χ0v) is 14.2. The van der Waals surface area contributed by atoms with Crippen LogP contribution < -0.4 is 10.3 Å².